The minimum absolute atomic E-state index is 0.0989. The van der Waals surface area contributed by atoms with Crippen molar-refractivity contribution in [2.75, 3.05) is 38.1 Å². The van der Waals surface area contributed by atoms with Crippen molar-refractivity contribution >= 4 is 46.0 Å². The molecule has 1 aromatic carbocycles. The zero-order valence-corrected chi connectivity index (χ0v) is 13.5. The molecule has 0 spiro atoms. The molecule has 2 aliphatic rings. The molecule has 0 unspecified atom stereocenters. The van der Waals surface area contributed by atoms with E-state index in [1.54, 1.807) is 0 Å². The van der Waals surface area contributed by atoms with Gasteiger partial charge in [-0.2, -0.15) is 0 Å². The molecule has 0 bridgehead atoms. The molecule has 2 fully saturated rings. The Balaban J connectivity index is 1.88. The third-order valence-corrected chi connectivity index (χ3v) is 4.87. The summed E-state index contributed by atoms with van der Waals surface area (Å²) >= 11 is 6.36. The predicted octanol–water partition coefficient (Wildman–Crippen LogP) is 1.93. The lowest BCUT2D eigenvalue weighted by molar-refractivity contribution is -0.115. The summed E-state index contributed by atoms with van der Waals surface area (Å²) in [7, 11) is 2.14. The number of benzene rings is 1. The van der Waals surface area contributed by atoms with E-state index in [1.807, 2.05) is 18.2 Å². The molecule has 4 nitrogen and oxygen atoms in total. The molecule has 0 saturated carbocycles. The van der Waals surface area contributed by atoms with Gasteiger partial charge in [0.15, 0.2) is 0 Å². The zero-order valence-electron chi connectivity index (χ0n) is 11.8. The van der Waals surface area contributed by atoms with E-state index in [1.165, 1.54) is 17.4 Å². The number of amides is 1. The van der Waals surface area contributed by atoms with Gasteiger partial charge in [-0.1, -0.05) is 42.2 Å². The minimum Gasteiger partial charge on any atom is -0.368 e. The van der Waals surface area contributed by atoms with Gasteiger partial charge in [0.05, 0.1) is 4.91 Å². The summed E-state index contributed by atoms with van der Waals surface area (Å²) in [5.41, 5.74) is 2.26. The average molecular weight is 319 g/mol. The second kappa shape index (κ2) is 6.17. The van der Waals surface area contributed by atoms with Crippen LogP contribution in [0.5, 0.6) is 0 Å². The molecule has 3 rings (SSSR count). The van der Waals surface area contributed by atoms with Crippen molar-refractivity contribution in [1.82, 2.24) is 10.2 Å². The molecule has 2 heterocycles. The van der Waals surface area contributed by atoms with E-state index in [4.69, 9.17) is 12.2 Å². The van der Waals surface area contributed by atoms with Gasteiger partial charge < -0.3 is 15.1 Å². The lowest BCUT2D eigenvalue weighted by atomic mass is 10.1. The maximum absolute atomic E-state index is 11.8. The number of anilines is 1. The molecule has 0 aliphatic carbocycles. The summed E-state index contributed by atoms with van der Waals surface area (Å²) in [6.45, 7) is 4.14. The molecule has 110 valence electrons. The number of thiocarbonyl (C=S) groups is 1. The maximum atomic E-state index is 11.8. The fourth-order valence-corrected chi connectivity index (χ4v) is 3.54. The summed E-state index contributed by atoms with van der Waals surface area (Å²) < 4.78 is 0.531. The maximum Gasteiger partial charge on any atom is 0.263 e. The van der Waals surface area contributed by atoms with Gasteiger partial charge in [0, 0.05) is 31.9 Å². The Labute approximate surface area is 134 Å². The van der Waals surface area contributed by atoms with Gasteiger partial charge in [0.1, 0.15) is 4.32 Å². The first-order valence-electron chi connectivity index (χ1n) is 6.91. The molecule has 1 N–H and O–H groups in total. The van der Waals surface area contributed by atoms with Crippen molar-refractivity contribution in [1.29, 1.82) is 0 Å². The SMILES string of the molecule is CN1CCN(c2ccccc2/C=C2/SC(=S)NC2=O)CC1. The number of piperazine rings is 1. The van der Waals surface area contributed by atoms with Crippen molar-refractivity contribution in [3.8, 4) is 0 Å². The number of hydrogen-bond donors (Lipinski definition) is 1. The molecular weight excluding hydrogens is 302 g/mol. The van der Waals surface area contributed by atoms with E-state index in [0.717, 1.165) is 31.7 Å². The number of nitrogens with zero attached hydrogens (tertiary/aromatic N) is 2. The molecule has 0 atom stereocenters. The lowest BCUT2D eigenvalue weighted by Crippen LogP contribution is -2.44. The summed E-state index contributed by atoms with van der Waals surface area (Å²) in [6, 6.07) is 8.22. The van der Waals surface area contributed by atoms with Crippen LogP contribution in [0.2, 0.25) is 0 Å². The van der Waals surface area contributed by atoms with Crippen LogP contribution in [0.25, 0.3) is 6.08 Å². The minimum atomic E-state index is -0.0989. The number of carbonyl (C=O) groups excluding carboxylic acids is 1. The Morgan fingerprint density at radius 2 is 1.95 bits per heavy atom. The molecule has 2 aliphatic heterocycles. The number of likely N-dealkylation sites (N-methyl/N-ethyl adjacent to an activating group) is 1. The lowest BCUT2D eigenvalue weighted by Gasteiger charge is -2.34. The quantitative estimate of drug-likeness (QED) is 0.666. The van der Waals surface area contributed by atoms with E-state index in [2.05, 4.69) is 34.3 Å². The Morgan fingerprint density at radius 3 is 2.62 bits per heavy atom. The monoisotopic (exact) mass is 319 g/mol. The summed E-state index contributed by atoms with van der Waals surface area (Å²) in [5.74, 6) is -0.0989. The molecule has 0 radical (unpaired) electrons. The number of nitrogens with one attached hydrogen (secondary N) is 1. The van der Waals surface area contributed by atoms with Crippen molar-refractivity contribution in [3.63, 3.8) is 0 Å². The van der Waals surface area contributed by atoms with Crippen LogP contribution in [-0.2, 0) is 4.79 Å². The first kappa shape index (κ1) is 14.6. The number of thioether (sulfide) groups is 1. The summed E-state index contributed by atoms with van der Waals surface area (Å²) in [5, 5.41) is 2.66. The Bertz CT molecular complexity index is 607. The number of rotatable bonds is 2. The van der Waals surface area contributed by atoms with Crippen LogP contribution in [0.3, 0.4) is 0 Å². The number of para-hydroxylation sites is 1. The standard InChI is InChI=1S/C15H17N3OS2/c1-17-6-8-18(9-7-17)12-5-3-2-4-11(12)10-13-14(19)16-15(20)21-13/h2-5,10H,6-9H2,1H3,(H,16,19,20)/b13-10+. The van der Waals surface area contributed by atoms with Gasteiger partial charge in [-0.25, -0.2) is 0 Å². The molecule has 21 heavy (non-hydrogen) atoms. The second-order valence-electron chi connectivity index (χ2n) is 5.20. The highest BCUT2D eigenvalue weighted by atomic mass is 32.2. The first-order chi connectivity index (χ1) is 10.1. The zero-order chi connectivity index (χ0) is 14.8. The molecule has 6 heteroatoms. The van der Waals surface area contributed by atoms with Crippen LogP contribution in [-0.4, -0.2) is 48.4 Å². The van der Waals surface area contributed by atoms with Crippen LogP contribution in [0.1, 0.15) is 5.56 Å². The van der Waals surface area contributed by atoms with Crippen LogP contribution < -0.4 is 10.2 Å². The molecular formula is C15H17N3OS2. The van der Waals surface area contributed by atoms with Crippen molar-refractivity contribution in [2.24, 2.45) is 0 Å². The summed E-state index contributed by atoms with van der Waals surface area (Å²) in [4.78, 5) is 17.2. The molecule has 0 aromatic heterocycles. The number of carbonyl (C=O) groups is 1. The van der Waals surface area contributed by atoms with Crippen LogP contribution in [0.15, 0.2) is 29.2 Å². The fraction of sp³-hybridized carbons (Fsp3) is 0.333. The fourth-order valence-electron chi connectivity index (χ4n) is 2.51. The second-order valence-corrected chi connectivity index (χ2v) is 6.92. The molecule has 1 aromatic rings. The van der Waals surface area contributed by atoms with Crippen molar-refractivity contribution in [3.05, 3.63) is 34.7 Å². The number of hydrogen-bond acceptors (Lipinski definition) is 5. The first-order valence-corrected chi connectivity index (χ1v) is 8.13. The van der Waals surface area contributed by atoms with E-state index in [-0.39, 0.29) is 5.91 Å². The Kier molecular flexibility index (Phi) is 4.28. The highest BCUT2D eigenvalue weighted by Gasteiger charge is 2.23. The normalized spacial score (nSPS) is 22.0. The van der Waals surface area contributed by atoms with Crippen LogP contribution >= 0.6 is 24.0 Å². The molecule has 2 saturated heterocycles. The van der Waals surface area contributed by atoms with E-state index in [9.17, 15) is 4.79 Å². The topological polar surface area (TPSA) is 35.6 Å². The van der Waals surface area contributed by atoms with Crippen molar-refractivity contribution in [2.45, 2.75) is 0 Å². The highest BCUT2D eigenvalue weighted by molar-refractivity contribution is 8.26. The van der Waals surface area contributed by atoms with E-state index in [0.29, 0.717) is 9.23 Å². The van der Waals surface area contributed by atoms with Crippen LogP contribution in [0, 0.1) is 0 Å². The molecule has 1 amide bonds. The third-order valence-electron chi connectivity index (χ3n) is 3.71. The van der Waals surface area contributed by atoms with Crippen molar-refractivity contribution < 1.29 is 4.79 Å². The van der Waals surface area contributed by atoms with Gasteiger partial charge >= 0.3 is 0 Å². The van der Waals surface area contributed by atoms with Gasteiger partial charge in [0.2, 0.25) is 0 Å². The Morgan fingerprint density at radius 1 is 1.24 bits per heavy atom. The van der Waals surface area contributed by atoms with Gasteiger partial charge in [-0.05, 0) is 24.8 Å². The smallest absolute Gasteiger partial charge is 0.263 e. The predicted molar refractivity (Wildman–Crippen MR) is 92.5 cm³/mol. The van der Waals surface area contributed by atoms with Gasteiger partial charge in [-0.15, -0.1) is 0 Å². The summed E-state index contributed by atoms with van der Waals surface area (Å²) in [6.07, 6.45) is 1.94. The van der Waals surface area contributed by atoms with E-state index < -0.39 is 0 Å². The van der Waals surface area contributed by atoms with Crippen LogP contribution in [0.4, 0.5) is 5.69 Å². The third kappa shape index (κ3) is 3.28. The average Bonchev–Trinajstić information content (AvgIpc) is 2.79. The largest absolute Gasteiger partial charge is 0.368 e. The van der Waals surface area contributed by atoms with Gasteiger partial charge in [0.25, 0.3) is 5.91 Å². The van der Waals surface area contributed by atoms with Gasteiger partial charge in [-0.3, -0.25) is 4.79 Å². The van der Waals surface area contributed by atoms with E-state index >= 15 is 0 Å². The Hall–Kier alpha value is -1.37. The highest BCUT2D eigenvalue weighted by Crippen LogP contribution is 2.30.